The van der Waals surface area contributed by atoms with Gasteiger partial charge in [0.05, 0.1) is 0 Å². The first kappa shape index (κ1) is 29.5. The lowest BCUT2D eigenvalue weighted by atomic mass is 10.2. The maximum absolute atomic E-state index is 11.7. The number of allylic oxidation sites excluding steroid dienone is 12. The quantitative estimate of drug-likeness (QED) is 0.135. The molecule has 1 aromatic carbocycles. The van der Waals surface area contributed by atoms with Gasteiger partial charge in [0, 0.05) is 6.42 Å². The zero-order valence-electron chi connectivity index (χ0n) is 20.9. The van der Waals surface area contributed by atoms with E-state index in [0.29, 0.717) is 18.4 Å². The predicted octanol–water partition coefficient (Wildman–Crippen LogP) is 8.13. The van der Waals surface area contributed by atoms with Gasteiger partial charge in [0.1, 0.15) is 6.61 Å². The number of carbonyl (C=O) groups is 1. The number of benzene rings is 1. The fraction of sp³-hybridized carbons (Fsp3) is 0.323. The van der Waals surface area contributed by atoms with Crippen LogP contribution in [0.15, 0.2) is 97.2 Å². The molecule has 0 atom stereocenters. The molecule has 0 amide bonds. The van der Waals surface area contributed by atoms with Gasteiger partial charge in [-0.25, -0.2) is 0 Å². The molecule has 0 bridgehead atoms. The fourth-order valence-electron chi connectivity index (χ4n) is 2.88. The molecule has 0 aliphatic rings. The molecule has 1 rings (SSSR count). The average molecular weight is 477 g/mol. The highest BCUT2D eigenvalue weighted by Crippen LogP contribution is 2.25. The van der Waals surface area contributed by atoms with Gasteiger partial charge in [-0.1, -0.05) is 92.0 Å². The van der Waals surface area contributed by atoms with E-state index in [2.05, 4.69) is 73.8 Å². The van der Waals surface area contributed by atoms with Crippen LogP contribution in [-0.2, 0) is 9.53 Å². The summed E-state index contributed by atoms with van der Waals surface area (Å²) in [6.45, 7) is 2.32. The van der Waals surface area contributed by atoms with Gasteiger partial charge in [-0.3, -0.25) is 4.79 Å². The maximum Gasteiger partial charge on any atom is 0.306 e. The SMILES string of the molecule is CC/C=C\C/C=C\C/C=C\C/C=C\C/C=C\C/C=C\CCC(=O)OC/C=C/c1ccc(O)c(O)c1. The third kappa shape index (κ3) is 17.6. The molecule has 4 heteroatoms. The second-order valence-corrected chi connectivity index (χ2v) is 7.79. The molecule has 0 aliphatic carbocycles. The number of phenolic OH excluding ortho intramolecular Hbond substituents is 2. The summed E-state index contributed by atoms with van der Waals surface area (Å²) in [4.78, 5) is 11.7. The van der Waals surface area contributed by atoms with Crippen molar-refractivity contribution < 1.29 is 19.7 Å². The molecule has 0 radical (unpaired) electrons. The molecule has 0 aliphatic heterocycles. The van der Waals surface area contributed by atoms with E-state index in [1.54, 1.807) is 18.2 Å². The highest BCUT2D eigenvalue weighted by atomic mass is 16.5. The number of hydrogen-bond donors (Lipinski definition) is 2. The van der Waals surface area contributed by atoms with E-state index in [1.165, 1.54) is 12.1 Å². The van der Waals surface area contributed by atoms with Gasteiger partial charge in [-0.05, 0) is 68.7 Å². The molecular weight excluding hydrogens is 436 g/mol. The van der Waals surface area contributed by atoms with Crippen LogP contribution >= 0.6 is 0 Å². The van der Waals surface area contributed by atoms with Crippen molar-refractivity contribution in [3.05, 3.63) is 103 Å². The van der Waals surface area contributed by atoms with Crippen molar-refractivity contribution >= 4 is 12.0 Å². The van der Waals surface area contributed by atoms with Crippen LogP contribution in [0.25, 0.3) is 6.08 Å². The molecule has 0 saturated heterocycles. The molecule has 0 unspecified atom stereocenters. The molecular formula is C31H40O4. The Morgan fingerprint density at radius 1 is 0.714 bits per heavy atom. The third-order valence-electron chi connectivity index (χ3n) is 4.76. The summed E-state index contributed by atoms with van der Waals surface area (Å²) in [5.41, 5.74) is 0.717. The van der Waals surface area contributed by atoms with Crippen molar-refractivity contribution in [1.29, 1.82) is 0 Å². The summed E-state index contributed by atoms with van der Waals surface area (Å²) >= 11 is 0. The summed E-state index contributed by atoms with van der Waals surface area (Å²) in [7, 11) is 0. The summed E-state index contributed by atoms with van der Waals surface area (Å²) < 4.78 is 5.15. The minimum Gasteiger partial charge on any atom is -0.504 e. The van der Waals surface area contributed by atoms with E-state index in [4.69, 9.17) is 4.74 Å². The van der Waals surface area contributed by atoms with Gasteiger partial charge in [0.15, 0.2) is 11.5 Å². The largest absolute Gasteiger partial charge is 0.504 e. The van der Waals surface area contributed by atoms with Crippen molar-refractivity contribution in [3.8, 4) is 11.5 Å². The third-order valence-corrected chi connectivity index (χ3v) is 4.76. The highest BCUT2D eigenvalue weighted by Gasteiger charge is 2.00. The Kier molecular flexibility index (Phi) is 17.7. The van der Waals surface area contributed by atoms with E-state index in [9.17, 15) is 15.0 Å². The van der Waals surface area contributed by atoms with E-state index in [0.717, 1.165) is 38.5 Å². The smallest absolute Gasteiger partial charge is 0.306 e. The zero-order valence-corrected chi connectivity index (χ0v) is 20.9. The number of hydrogen-bond acceptors (Lipinski definition) is 4. The number of ether oxygens (including phenoxy) is 1. The highest BCUT2D eigenvalue weighted by molar-refractivity contribution is 5.69. The van der Waals surface area contributed by atoms with Crippen LogP contribution in [0.1, 0.15) is 63.9 Å². The van der Waals surface area contributed by atoms with Crippen LogP contribution in [-0.4, -0.2) is 22.8 Å². The Balaban J connectivity index is 2.02. The first-order valence-corrected chi connectivity index (χ1v) is 12.4. The van der Waals surface area contributed by atoms with E-state index < -0.39 is 0 Å². The van der Waals surface area contributed by atoms with Gasteiger partial charge < -0.3 is 14.9 Å². The lowest BCUT2D eigenvalue weighted by Gasteiger charge is -2.00. The predicted molar refractivity (Wildman–Crippen MR) is 147 cm³/mol. The second-order valence-electron chi connectivity index (χ2n) is 7.79. The molecule has 1 aromatic rings. The lowest BCUT2D eigenvalue weighted by Crippen LogP contribution is -2.03. The van der Waals surface area contributed by atoms with Crippen molar-refractivity contribution in [2.75, 3.05) is 6.61 Å². The van der Waals surface area contributed by atoms with Crippen molar-refractivity contribution in [2.45, 2.75) is 58.3 Å². The van der Waals surface area contributed by atoms with Gasteiger partial charge in [0.25, 0.3) is 0 Å². The Bertz CT molecular complexity index is 914. The Morgan fingerprint density at radius 3 is 1.74 bits per heavy atom. The molecule has 0 heterocycles. The van der Waals surface area contributed by atoms with E-state index in [1.807, 2.05) is 6.08 Å². The molecule has 35 heavy (non-hydrogen) atoms. The Hall–Kier alpha value is -3.53. The van der Waals surface area contributed by atoms with Crippen LogP contribution in [0.5, 0.6) is 11.5 Å². The summed E-state index contributed by atoms with van der Waals surface area (Å²) in [6.07, 6.45) is 36.1. The molecule has 4 nitrogen and oxygen atoms in total. The molecule has 0 saturated carbocycles. The minimum atomic E-state index is -0.247. The van der Waals surface area contributed by atoms with Crippen molar-refractivity contribution in [3.63, 3.8) is 0 Å². The molecule has 2 N–H and O–H groups in total. The summed E-state index contributed by atoms with van der Waals surface area (Å²) in [6, 6.07) is 4.51. The molecule has 0 spiro atoms. The Morgan fingerprint density at radius 2 is 1.23 bits per heavy atom. The van der Waals surface area contributed by atoms with Gasteiger partial charge in [-0.15, -0.1) is 0 Å². The first-order valence-electron chi connectivity index (χ1n) is 12.4. The number of esters is 1. The van der Waals surface area contributed by atoms with Gasteiger partial charge in [-0.2, -0.15) is 0 Å². The molecule has 0 fully saturated rings. The number of phenols is 2. The lowest BCUT2D eigenvalue weighted by molar-refractivity contribution is -0.142. The monoisotopic (exact) mass is 476 g/mol. The van der Waals surface area contributed by atoms with Gasteiger partial charge >= 0.3 is 5.97 Å². The van der Waals surface area contributed by atoms with Gasteiger partial charge in [0.2, 0.25) is 0 Å². The van der Waals surface area contributed by atoms with Crippen LogP contribution in [0, 0.1) is 0 Å². The average Bonchev–Trinajstić information content (AvgIpc) is 2.85. The normalized spacial score (nSPS) is 12.7. The number of carbonyl (C=O) groups excluding carboxylic acids is 1. The van der Waals surface area contributed by atoms with E-state index in [-0.39, 0.29) is 24.1 Å². The molecule has 0 aromatic heterocycles. The number of aromatic hydroxyl groups is 2. The van der Waals surface area contributed by atoms with Crippen LogP contribution in [0.4, 0.5) is 0 Å². The summed E-state index contributed by atoms with van der Waals surface area (Å²) in [5.74, 6) is -0.591. The fourth-order valence-corrected chi connectivity index (χ4v) is 2.88. The Labute approximate surface area is 211 Å². The standard InChI is InChI=1S/C31H40O4/c1-2-3-4-5-6-7-8-9-10-11-12-13-14-15-16-17-18-19-20-23-31(34)35-26-21-22-28-24-25-29(32)30(33)27-28/h3-4,6-7,9-10,12-13,15-16,18-19,21-22,24-25,27,32-33H,2,5,8,11,14,17,20,23,26H2,1H3/b4-3-,7-6-,10-9-,13-12-,16-15-,19-18-,22-21+. The zero-order chi connectivity index (χ0) is 25.4. The minimum absolute atomic E-state index is 0.164. The second kappa shape index (κ2) is 21.0. The van der Waals surface area contributed by atoms with E-state index >= 15 is 0 Å². The van der Waals surface area contributed by atoms with Crippen molar-refractivity contribution in [2.24, 2.45) is 0 Å². The van der Waals surface area contributed by atoms with Crippen LogP contribution < -0.4 is 0 Å². The molecule has 188 valence electrons. The first-order chi connectivity index (χ1) is 17.1. The number of rotatable bonds is 17. The van der Waals surface area contributed by atoms with Crippen molar-refractivity contribution in [1.82, 2.24) is 0 Å². The van der Waals surface area contributed by atoms with Crippen LogP contribution in [0.2, 0.25) is 0 Å². The topological polar surface area (TPSA) is 66.8 Å². The van der Waals surface area contributed by atoms with Crippen LogP contribution in [0.3, 0.4) is 0 Å². The maximum atomic E-state index is 11.7. The summed E-state index contributed by atoms with van der Waals surface area (Å²) in [5, 5.41) is 18.7.